The maximum absolute atomic E-state index is 11.4. The van der Waals surface area contributed by atoms with Gasteiger partial charge in [0.1, 0.15) is 0 Å². The first-order valence-electron chi connectivity index (χ1n) is 7.49. The van der Waals surface area contributed by atoms with Crippen LogP contribution in [0.2, 0.25) is 0 Å². The van der Waals surface area contributed by atoms with Gasteiger partial charge in [-0.15, -0.1) is 0 Å². The van der Waals surface area contributed by atoms with Crippen molar-refractivity contribution in [2.75, 3.05) is 7.05 Å². The predicted octanol–water partition coefficient (Wildman–Crippen LogP) is 3.00. The van der Waals surface area contributed by atoms with Crippen LogP contribution in [0, 0.1) is 17.8 Å². The first-order chi connectivity index (χ1) is 8.54. The van der Waals surface area contributed by atoms with Gasteiger partial charge in [-0.1, -0.05) is 13.3 Å². The zero-order valence-electron chi connectivity index (χ0n) is 11.9. The van der Waals surface area contributed by atoms with Gasteiger partial charge in [-0.2, -0.15) is 0 Å². The third-order valence-corrected chi connectivity index (χ3v) is 5.29. The summed E-state index contributed by atoms with van der Waals surface area (Å²) in [6.45, 7) is 4.50. The maximum atomic E-state index is 11.4. The molecule has 0 aliphatic heterocycles. The van der Waals surface area contributed by atoms with E-state index in [-0.39, 0.29) is 12.0 Å². The second-order valence-electron chi connectivity index (χ2n) is 6.34. The highest BCUT2D eigenvalue weighted by molar-refractivity contribution is 5.71. The standard InChI is InChI=1S/C15H27NO2/c1-4-11-5-8-13(15(17)18)14(9-11)16(3)10(2)12-6-7-12/h10-14H,4-9H2,1-3H3,(H,17,18). The summed E-state index contributed by atoms with van der Waals surface area (Å²) in [6, 6.07) is 0.796. The molecule has 0 aromatic heterocycles. The topological polar surface area (TPSA) is 40.5 Å². The van der Waals surface area contributed by atoms with E-state index in [0.717, 1.165) is 31.1 Å². The van der Waals surface area contributed by atoms with Gasteiger partial charge in [-0.3, -0.25) is 9.69 Å². The molecule has 2 aliphatic carbocycles. The predicted molar refractivity (Wildman–Crippen MR) is 72.5 cm³/mol. The largest absolute Gasteiger partial charge is 0.481 e. The van der Waals surface area contributed by atoms with E-state index < -0.39 is 5.97 Å². The number of carbonyl (C=O) groups is 1. The molecule has 3 nitrogen and oxygen atoms in total. The van der Waals surface area contributed by atoms with Crippen LogP contribution in [0.25, 0.3) is 0 Å². The quantitative estimate of drug-likeness (QED) is 0.819. The molecule has 0 aromatic carbocycles. The van der Waals surface area contributed by atoms with Crippen molar-refractivity contribution in [3.63, 3.8) is 0 Å². The second kappa shape index (κ2) is 5.60. The zero-order chi connectivity index (χ0) is 13.3. The Hall–Kier alpha value is -0.570. The minimum absolute atomic E-state index is 0.154. The number of hydrogen-bond acceptors (Lipinski definition) is 2. The average molecular weight is 253 g/mol. The van der Waals surface area contributed by atoms with Gasteiger partial charge in [0.25, 0.3) is 0 Å². The molecule has 4 atom stereocenters. The lowest BCUT2D eigenvalue weighted by Gasteiger charge is -2.42. The Balaban J connectivity index is 2.05. The van der Waals surface area contributed by atoms with E-state index in [1.54, 1.807) is 0 Å². The number of nitrogens with zero attached hydrogens (tertiary/aromatic N) is 1. The molecule has 0 saturated heterocycles. The van der Waals surface area contributed by atoms with Crippen LogP contribution in [0.15, 0.2) is 0 Å². The fourth-order valence-electron chi connectivity index (χ4n) is 3.55. The summed E-state index contributed by atoms with van der Waals surface area (Å²) in [5, 5.41) is 9.43. The smallest absolute Gasteiger partial charge is 0.308 e. The van der Waals surface area contributed by atoms with Crippen molar-refractivity contribution in [1.82, 2.24) is 4.90 Å². The normalized spacial score (nSPS) is 34.6. The van der Waals surface area contributed by atoms with Gasteiger partial charge in [0.2, 0.25) is 0 Å². The van der Waals surface area contributed by atoms with Crippen molar-refractivity contribution < 1.29 is 9.90 Å². The summed E-state index contributed by atoms with van der Waals surface area (Å²) in [7, 11) is 2.14. The van der Waals surface area contributed by atoms with Gasteiger partial charge < -0.3 is 5.11 Å². The number of carboxylic acid groups (broad SMARTS) is 1. The van der Waals surface area contributed by atoms with E-state index >= 15 is 0 Å². The lowest BCUT2D eigenvalue weighted by molar-refractivity contribution is -0.146. The lowest BCUT2D eigenvalue weighted by Crippen LogP contribution is -2.49. The molecule has 0 bridgehead atoms. The first kappa shape index (κ1) is 13.9. The Morgan fingerprint density at radius 3 is 2.50 bits per heavy atom. The lowest BCUT2D eigenvalue weighted by atomic mass is 9.76. The van der Waals surface area contributed by atoms with Crippen molar-refractivity contribution in [2.45, 2.75) is 64.5 Å². The summed E-state index contributed by atoms with van der Waals surface area (Å²) in [5.74, 6) is 0.786. The minimum Gasteiger partial charge on any atom is -0.481 e. The summed E-state index contributed by atoms with van der Waals surface area (Å²) < 4.78 is 0. The van der Waals surface area contributed by atoms with Crippen LogP contribution in [0.5, 0.6) is 0 Å². The van der Waals surface area contributed by atoms with Gasteiger partial charge in [-0.05, 0) is 57.9 Å². The molecule has 2 aliphatic rings. The molecule has 2 fully saturated rings. The van der Waals surface area contributed by atoms with Crippen LogP contribution in [0.1, 0.15) is 52.4 Å². The number of aliphatic carboxylic acids is 1. The van der Waals surface area contributed by atoms with Gasteiger partial charge in [0.15, 0.2) is 0 Å². The summed E-state index contributed by atoms with van der Waals surface area (Å²) in [4.78, 5) is 13.8. The molecule has 0 heterocycles. The second-order valence-corrected chi connectivity index (χ2v) is 6.34. The molecule has 0 amide bonds. The van der Waals surface area contributed by atoms with E-state index in [1.165, 1.54) is 19.3 Å². The van der Waals surface area contributed by atoms with Crippen molar-refractivity contribution >= 4 is 5.97 Å². The zero-order valence-corrected chi connectivity index (χ0v) is 11.9. The van der Waals surface area contributed by atoms with E-state index in [0.29, 0.717) is 6.04 Å². The molecule has 3 heteroatoms. The number of hydrogen-bond donors (Lipinski definition) is 1. The molecule has 0 spiro atoms. The van der Waals surface area contributed by atoms with E-state index in [4.69, 9.17) is 0 Å². The van der Waals surface area contributed by atoms with Gasteiger partial charge in [-0.25, -0.2) is 0 Å². The van der Waals surface area contributed by atoms with Crippen LogP contribution in [0.3, 0.4) is 0 Å². The Morgan fingerprint density at radius 2 is 2.00 bits per heavy atom. The monoisotopic (exact) mass is 253 g/mol. The molecular formula is C15H27NO2. The minimum atomic E-state index is -0.593. The number of rotatable bonds is 5. The Morgan fingerprint density at radius 1 is 1.33 bits per heavy atom. The molecule has 2 rings (SSSR count). The van der Waals surface area contributed by atoms with Gasteiger partial charge in [0.05, 0.1) is 5.92 Å². The molecule has 0 radical (unpaired) electrons. The van der Waals surface area contributed by atoms with E-state index in [2.05, 4.69) is 25.8 Å². The average Bonchev–Trinajstić information content (AvgIpc) is 3.20. The molecule has 18 heavy (non-hydrogen) atoms. The van der Waals surface area contributed by atoms with Crippen LogP contribution in [-0.2, 0) is 4.79 Å². The van der Waals surface area contributed by atoms with Crippen LogP contribution >= 0.6 is 0 Å². The highest BCUT2D eigenvalue weighted by atomic mass is 16.4. The number of carboxylic acids is 1. The summed E-state index contributed by atoms with van der Waals surface area (Å²) in [6.07, 6.45) is 6.87. The molecule has 104 valence electrons. The molecule has 4 unspecified atom stereocenters. The van der Waals surface area contributed by atoms with Crippen LogP contribution in [0.4, 0.5) is 0 Å². The highest BCUT2D eigenvalue weighted by Crippen LogP contribution is 2.39. The third kappa shape index (κ3) is 2.87. The van der Waals surface area contributed by atoms with Crippen LogP contribution in [-0.4, -0.2) is 35.1 Å². The Bertz CT molecular complexity index is 301. The van der Waals surface area contributed by atoms with Gasteiger partial charge in [0, 0.05) is 12.1 Å². The van der Waals surface area contributed by atoms with Crippen LogP contribution < -0.4 is 0 Å². The Labute approximate surface area is 111 Å². The molecular weight excluding hydrogens is 226 g/mol. The molecule has 2 saturated carbocycles. The third-order valence-electron chi connectivity index (χ3n) is 5.29. The fourth-order valence-corrected chi connectivity index (χ4v) is 3.55. The van der Waals surface area contributed by atoms with Crippen molar-refractivity contribution in [2.24, 2.45) is 17.8 Å². The van der Waals surface area contributed by atoms with Crippen molar-refractivity contribution in [3.8, 4) is 0 Å². The SMILES string of the molecule is CCC1CCC(C(=O)O)C(N(C)C(C)C2CC2)C1. The van der Waals surface area contributed by atoms with Crippen molar-refractivity contribution in [1.29, 1.82) is 0 Å². The molecule has 1 N–H and O–H groups in total. The summed E-state index contributed by atoms with van der Waals surface area (Å²) >= 11 is 0. The van der Waals surface area contributed by atoms with Crippen molar-refractivity contribution in [3.05, 3.63) is 0 Å². The van der Waals surface area contributed by atoms with Gasteiger partial charge >= 0.3 is 5.97 Å². The van der Waals surface area contributed by atoms with E-state index in [1.807, 2.05) is 0 Å². The first-order valence-corrected chi connectivity index (χ1v) is 7.49. The Kier molecular flexibility index (Phi) is 4.31. The molecule has 0 aromatic rings. The highest BCUT2D eigenvalue weighted by Gasteiger charge is 2.41. The summed E-state index contributed by atoms with van der Waals surface area (Å²) in [5.41, 5.74) is 0. The fraction of sp³-hybridized carbons (Fsp3) is 0.933. The van der Waals surface area contributed by atoms with E-state index in [9.17, 15) is 9.90 Å². The maximum Gasteiger partial charge on any atom is 0.308 e.